The zero-order chi connectivity index (χ0) is 22.4. The zero-order valence-electron chi connectivity index (χ0n) is 18.3. The van der Waals surface area contributed by atoms with Crippen LogP contribution in [0.15, 0.2) is 4.52 Å². The van der Waals surface area contributed by atoms with E-state index in [2.05, 4.69) is 15.5 Å². The molecule has 2 aliphatic heterocycles. The summed E-state index contributed by atoms with van der Waals surface area (Å²) < 4.78 is 31.3. The first-order valence-electron chi connectivity index (χ1n) is 10.9. The molecule has 172 valence electrons. The van der Waals surface area contributed by atoms with E-state index in [4.69, 9.17) is 4.52 Å². The van der Waals surface area contributed by atoms with Gasteiger partial charge < -0.3 is 14.7 Å². The van der Waals surface area contributed by atoms with E-state index in [-0.39, 0.29) is 29.7 Å². The van der Waals surface area contributed by atoms with Gasteiger partial charge in [-0.25, -0.2) is 12.7 Å². The second kappa shape index (κ2) is 8.16. The van der Waals surface area contributed by atoms with Gasteiger partial charge in [0.1, 0.15) is 0 Å². The summed E-state index contributed by atoms with van der Waals surface area (Å²) in [6, 6.07) is -0.0521. The molecule has 1 saturated carbocycles. The molecule has 0 aromatic carbocycles. The maximum Gasteiger partial charge on any atom is 0.234 e. The van der Waals surface area contributed by atoms with Gasteiger partial charge in [0.25, 0.3) is 0 Å². The highest BCUT2D eigenvalue weighted by molar-refractivity contribution is 7.88. The summed E-state index contributed by atoms with van der Waals surface area (Å²) in [4.78, 5) is 30.5. The summed E-state index contributed by atoms with van der Waals surface area (Å²) in [5.74, 6) is 1.39. The van der Waals surface area contributed by atoms with E-state index in [1.807, 2.05) is 4.90 Å². The van der Waals surface area contributed by atoms with Crippen LogP contribution in [0.3, 0.4) is 0 Å². The highest BCUT2D eigenvalue weighted by Crippen LogP contribution is 2.50. The Morgan fingerprint density at radius 2 is 2.00 bits per heavy atom. The van der Waals surface area contributed by atoms with Crippen molar-refractivity contribution in [3.8, 4) is 0 Å². The van der Waals surface area contributed by atoms with Crippen LogP contribution in [0.4, 0.5) is 0 Å². The molecule has 0 spiro atoms. The van der Waals surface area contributed by atoms with Crippen molar-refractivity contribution >= 4 is 21.8 Å². The maximum absolute atomic E-state index is 12.7. The number of likely N-dealkylation sites (tertiary alicyclic amines) is 1. The predicted molar refractivity (Wildman–Crippen MR) is 111 cm³/mol. The van der Waals surface area contributed by atoms with E-state index in [0.717, 1.165) is 12.8 Å². The van der Waals surface area contributed by atoms with E-state index in [0.29, 0.717) is 57.2 Å². The monoisotopic (exact) mass is 453 g/mol. The molecule has 1 aromatic rings. The van der Waals surface area contributed by atoms with E-state index >= 15 is 0 Å². The van der Waals surface area contributed by atoms with Gasteiger partial charge in [-0.15, -0.1) is 0 Å². The van der Waals surface area contributed by atoms with Gasteiger partial charge in [0, 0.05) is 45.6 Å². The Hall–Kier alpha value is -2.01. The van der Waals surface area contributed by atoms with Crippen molar-refractivity contribution in [2.24, 2.45) is 11.8 Å². The average molecular weight is 454 g/mol. The van der Waals surface area contributed by atoms with Gasteiger partial charge in [-0.05, 0) is 44.4 Å². The number of nitrogens with one attached hydrogen (secondary N) is 1. The average Bonchev–Trinajstić information content (AvgIpc) is 3.34. The molecule has 1 N–H and O–H groups in total. The Morgan fingerprint density at radius 3 is 2.58 bits per heavy atom. The van der Waals surface area contributed by atoms with Crippen molar-refractivity contribution in [2.45, 2.75) is 57.4 Å². The molecule has 3 fully saturated rings. The molecule has 10 nitrogen and oxygen atoms in total. The molecule has 3 heterocycles. The molecule has 1 unspecified atom stereocenters. The fourth-order valence-electron chi connectivity index (χ4n) is 5.52. The first-order valence-corrected chi connectivity index (χ1v) is 12.7. The molecule has 11 heteroatoms. The molecule has 2 amide bonds. The van der Waals surface area contributed by atoms with Crippen molar-refractivity contribution < 1.29 is 22.5 Å². The lowest BCUT2D eigenvalue weighted by atomic mass is 9.80. The van der Waals surface area contributed by atoms with Crippen LogP contribution in [-0.2, 0) is 25.0 Å². The molecule has 3 atom stereocenters. The van der Waals surface area contributed by atoms with Gasteiger partial charge in [-0.1, -0.05) is 5.16 Å². The fraction of sp³-hybridized carbons (Fsp3) is 0.800. The van der Waals surface area contributed by atoms with Crippen molar-refractivity contribution in [1.29, 1.82) is 0 Å². The van der Waals surface area contributed by atoms with Crippen molar-refractivity contribution in [1.82, 2.24) is 24.7 Å². The number of carbonyl (C=O) groups excluding carboxylic acids is 2. The van der Waals surface area contributed by atoms with Crippen molar-refractivity contribution in [2.75, 3.05) is 32.4 Å². The van der Waals surface area contributed by atoms with Crippen LogP contribution in [0.5, 0.6) is 0 Å². The molecular formula is C20H31N5O5S. The molecule has 31 heavy (non-hydrogen) atoms. The van der Waals surface area contributed by atoms with Crippen LogP contribution in [0, 0.1) is 18.8 Å². The highest BCUT2D eigenvalue weighted by Gasteiger charge is 2.59. The molecule has 4 rings (SSSR count). The number of carbonyl (C=O) groups is 2. The van der Waals surface area contributed by atoms with E-state index < -0.39 is 15.4 Å². The standard InChI is InChI=1S/C20H31N5O5S/c1-13-21-19(30-23-13)20-10-17(9-16(20)11-25(12-20)31(3,28)29)22-18(27)8-15-4-6-24(7-5-15)14(2)26/h15-17H,4-12H2,1-3H3,(H,22,27)/t16?,17-,20+/m1/s1. The fourth-order valence-corrected chi connectivity index (χ4v) is 6.43. The van der Waals surface area contributed by atoms with Gasteiger partial charge in [0.05, 0.1) is 11.7 Å². The summed E-state index contributed by atoms with van der Waals surface area (Å²) in [6.07, 6.45) is 4.62. The number of nitrogens with zero attached hydrogens (tertiary/aromatic N) is 4. The lowest BCUT2D eigenvalue weighted by Crippen LogP contribution is -2.41. The first-order chi connectivity index (χ1) is 14.6. The summed E-state index contributed by atoms with van der Waals surface area (Å²) in [7, 11) is -3.33. The molecule has 1 aliphatic carbocycles. The Labute approximate surface area is 182 Å². The number of fused-ring (bicyclic) bond motifs is 1. The minimum absolute atomic E-state index is 0.0167. The van der Waals surface area contributed by atoms with Crippen LogP contribution >= 0.6 is 0 Å². The number of piperidine rings is 1. The van der Waals surface area contributed by atoms with E-state index in [9.17, 15) is 18.0 Å². The zero-order valence-corrected chi connectivity index (χ0v) is 19.2. The molecule has 1 aromatic heterocycles. The van der Waals surface area contributed by atoms with Crippen LogP contribution in [0.1, 0.15) is 50.7 Å². The summed E-state index contributed by atoms with van der Waals surface area (Å²) in [6.45, 7) is 5.44. The number of aromatic nitrogens is 2. The summed E-state index contributed by atoms with van der Waals surface area (Å²) >= 11 is 0. The van der Waals surface area contributed by atoms with Gasteiger partial charge >= 0.3 is 0 Å². The Balaban J connectivity index is 1.40. The predicted octanol–water partition coefficient (Wildman–Crippen LogP) is 0.434. The topological polar surface area (TPSA) is 126 Å². The number of sulfonamides is 1. The normalized spacial score (nSPS) is 29.8. The van der Waals surface area contributed by atoms with Gasteiger partial charge in [-0.2, -0.15) is 4.98 Å². The van der Waals surface area contributed by atoms with Crippen molar-refractivity contribution in [3.63, 3.8) is 0 Å². The second-order valence-electron chi connectivity index (χ2n) is 9.41. The smallest absolute Gasteiger partial charge is 0.234 e. The van der Waals surface area contributed by atoms with Crippen LogP contribution in [-0.4, -0.2) is 78.1 Å². The highest BCUT2D eigenvalue weighted by atomic mass is 32.2. The number of rotatable bonds is 5. The SMILES string of the molecule is CC(=O)N1CCC(CC(=O)N[C@@H]2CC3CN(S(C)(=O)=O)C[C@@]3(c3nc(C)no3)C2)CC1. The number of hydrogen-bond donors (Lipinski definition) is 1. The number of amides is 2. The maximum atomic E-state index is 12.7. The molecule has 0 radical (unpaired) electrons. The third-order valence-corrected chi connectivity index (χ3v) is 8.38. The minimum atomic E-state index is -3.33. The van der Waals surface area contributed by atoms with Crippen LogP contribution < -0.4 is 5.32 Å². The Morgan fingerprint density at radius 1 is 1.29 bits per heavy atom. The number of hydrogen-bond acceptors (Lipinski definition) is 7. The third-order valence-electron chi connectivity index (χ3n) is 7.17. The first kappa shape index (κ1) is 22.2. The van der Waals surface area contributed by atoms with Crippen LogP contribution in [0.25, 0.3) is 0 Å². The van der Waals surface area contributed by atoms with E-state index in [1.54, 1.807) is 13.8 Å². The van der Waals surface area contributed by atoms with Gasteiger partial charge in [0.15, 0.2) is 5.82 Å². The Kier molecular flexibility index (Phi) is 5.84. The van der Waals surface area contributed by atoms with Crippen LogP contribution in [0.2, 0.25) is 0 Å². The lowest BCUT2D eigenvalue weighted by Gasteiger charge is -2.31. The Bertz CT molecular complexity index is 955. The van der Waals surface area contributed by atoms with Gasteiger partial charge in [-0.3, -0.25) is 9.59 Å². The summed E-state index contributed by atoms with van der Waals surface area (Å²) in [5, 5.41) is 7.08. The third kappa shape index (κ3) is 4.48. The second-order valence-corrected chi connectivity index (χ2v) is 11.4. The van der Waals surface area contributed by atoms with Crippen molar-refractivity contribution in [3.05, 3.63) is 11.7 Å². The molecule has 2 saturated heterocycles. The molecule has 3 aliphatic rings. The van der Waals surface area contributed by atoms with E-state index in [1.165, 1.54) is 10.6 Å². The number of aryl methyl sites for hydroxylation is 1. The molecule has 0 bridgehead atoms. The molecular weight excluding hydrogens is 422 g/mol. The summed E-state index contributed by atoms with van der Waals surface area (Å²) in [5.41, 5.74) is -0.560. The lowest BCUT2D eigenvalue weighted by molar-refractivity contribution is -0.130. The minimum Gasteiger partial charge on any atom is -0.353 e. The largest absolute Gasteiger partial charge is 0.353 e. The quantitative estimate of drug-likeness (QED) is 0.685. The van der Waals surface area contributed by atoms with Gasteiger partial charge in [0.2, 0.25) is 27.7 Å².